The monoisotopic (exact) mass is 447 g/mol. The molecule has 0 spiro atoms. The molecule has 1 amide bonds. The highest BCUT2D eigenvalue weighted by molar-refractivity contribution is 7.58. The fourth-order valence-electron chi connectivity index (χ4n) is 3.30. The van der Waals surface area contributed by atoms with Crippen LogP contribution in [0.2, 0.25) is 0 Å². The normalized spacial score (nSPS) is 15.0. The molecule has 2 aromatic carbocycles. The first-order chi connectivity index (χ1) is 14.7. The third-order valence-electron chi connectivity index (χ3n) is 4.84. The molecule has 0 heterocycles. The summed E-state index contributed by atoms with van der Waals surface area (Å²) in [7, 11) is -4.08. The lowest BCUT2D eigenvalue weighted by molar-refractivity contribution is -0.141. The molecule has 0 fully saturated rings. The van der Waals surface area contributed by atoms with E-state index in [9.17, 15) is 24.2 Å². The average molecular weight is 447 g/mol. The SMILES string of the molecule is CC(C)C[C@@H](CP(=O)(O)[C@@H](Cc1ccccc1)NC(=O)OCc1ccccc1)C(=O)O. The Labute approximate surface area is 182 Å². The molecular formula is C23H30NO6P. The van der Waals surface area contributed by atoms with Crippen LogP contribution in [0.25, 0.3) is 0 Å². The van der Waals surface area contributed by atoms with Crippen molar-refractivity contribution >= 4 is 19.4 Å². The lowest BCUT2D eigenvalue weighted by atomic mass is 9.99. The van der Waals surface area contributed by atoms with Crippen molar-refractivity contribution in [3.05, 3.63) is 71.8 Å². The van der Waals surface area contributed by atoms with Gasteiger partial charge in [-0.2, -0.15) is 0 Å². The Morgan fingerprint density at radius 2 is 1.55 bits per heavy atom. The number of aliphatic carboxylic acids is 1. The zero-order chi connectivity index (χ0) is 22.9. The first-order valence-corrected chi connectivity index (χ1v) is 12.1. The molecule has 1 unspecified atom stereocenters. The highest BCUT2D eigenvalue weighted by atomic mass is 31.2. The first-order valence-electron chi connectivity index (χ1n) is 10.2. The molecule has 0 aliphatic carbocycles. The van der Waals surface area contributed by atoms with E-state index >= 15 is 0 Å². The van der Waals surface area contributed by atoms with Gasteiger partial charge in [-0.3, -0.25) is 9.36 Å². The number of amides is 1. The molecule has 31 heavy (non-hydrogen) atoms. The molecule has 2 aromatic rings. The average Bonchev–Trinajstić information content (AvgIpc) is 2.72. The van der Waals surface area contributed by atoms with Gasteiger partial charge in [-0.25, -0.2) is 4.79 Å². The van der Waals surface area contributed by atoms with Gasteiger partial charge in [0.2, 0.25) is 7.37 Å². The number of benzene rings is 2. The van der Waals surface area contributed by atoms with Gasteiger partial charge in [0.1, 0.15) is 12.4 Å². The second kappa shape index (κ2) is 11.7. The van der Waals surface area contributed by atoms with E-state index in [0.29, 0.717) is 0 Å². The number of carbonyl (C=O) groups is 2. The summed E-state index contributed by atoms with van der Waals surface area (Å²) < 4.78 is 18.5. The van der Waals surface area contributed by atoms with Crippen LogP contribution in [0.1, 0.15) is 31.4 Å². The molecule has 3 atom stereocenters. The number of alkyl carbamates (subject to hydrolysis) is 1. The van der Waals surface area contributed by atoms with Gasteiger partial charge >= 0.3 is 12.1 Å². The van der Waals surface area contributed by atoms with Crippen molar-refractivity contribution in [1.82, 2.24) is 5.32 Å². The minimum Gasteiger partial charge on any atom is -0.481 e. The lowest BCUT2D eigenvalue weighted by Gasteiger charge is -2.27. The highest BCUT2D eigenvalue weighted by Gasteiger charge is 2.37. The molecule has 0 radical (unpaired) electrons. The Kier molecular flexibility index (Phi) is 9.28. The summed E-state index contributed by atoms with van der Waals surface area (Å²) >= 11 is 0. The fourth-order valence-corrected chi connectivity index (χ4v) is 5.29. The van der Waals surface area contributed by atoms with Crippen molar-refractivity contribution in [3.63, 3.8) is 0 Å². The van der Waals surface area contributed by atoms with Crippen molar-refractivity contribution in [2.75, 3.05) is 6.16 Å². The van der Waals surface area contributed by atoms with Crippen LogP contribution in [0.3, 0.4) is 0 Å². The Hall–Kier alpha value is -2.63. The van der Waals surface area contributed by atoms with Crippen molar-refractivity contribution in [2.45, 2.75) is 39.1 Å². The number of carboxylic acid groups (broad SMARTS) is 1. The van der Waals surface area contributed by atoms with E-state index in [-0.39, 0.29) is 25.4 Å². The van der Waals surface area contributed by atoms with E-state index in [2.05, 4.69) is 5.32 Å². The number of carbonyl (C=O) groups excluding carboxylic acids is 1. The van der Waals surface area contributed by atoms with E-state index in [1.807, 2.05) is 38.1 Å². The maximum Gasteiger partial charge on any atom is 0.408 e. The molecule has 0 saturated heterocycles. The van der Waals surface area contributed by atoms with E-state index in [1.54, 1.807) is 36.4 Å². The van der Waals surface area contributed by atoms with Crippen molar-refractivity contribution in [2.24, 2.45) is 11.8 Å². The number of rotatable bonds is 11. The van der Waals surface area contributed by atoms with Gasteiger partial charge in [-0.1, -0.05) is 74.5 Å². The van der Waals surface area contributed by atoms with Gasteiger partial charge in [0.05, 0.1) is 5.92 Å². The van der Waals surface area contributed by atoms with Gasteiger partial charge in [0.15, 0.2) is 0 Å². The topological polar surface area (TPSA) is 113 Å². The Balaban J connectivity index is 2.15. The Bertz CT molecular complexity index is 887. The summed E-state index contributed by atoms with van der Waals surface area (Å²) in [6.07, 6.45) is -0.883. The van der Waals surface area contributed by atoms with Gasteiger partial charge in [-0.05, 0) is 23.5 Å². The number of hydrogen-bond acceptors (Lipinski definition) is 4. The van der Waals surface area contributed by atoms with Crippen LogP contribution in [0.5, 0.6) is 0 Å². The van der Waals surface area contributed by atoms with Gasteiger partial charge in [0, 0.05) is 12.6 Å². The summed E-state index contributed by atoms with van der Waals surface area (Å²) in [6, 6.07) is 18.1. The van der Waals surface area contributed by atoms with Crippen LogP contribution in [0.4, 0.5) is 4.79 Å². The van der Waals surface area contributed by atoms with Gasteiger partial charge in [0.25, 0.3) is 0 Å². The Morgan fingerprint density at radius 3 is 2.06 bits per heavy atom. The fraction of sp³-hybridized carbons (Fsp3) is 0.391. The summed E-state index contributed by atoms with van der Waals surface area (Å²) in [6.45, 7) is 3.74. The Morgan fingerprint density at radius 1 is 1.00 bits per heavy atom. The molecule has 7 nitrogen and oxygen atoms in total. The number of nitrogens with one attached hydrogen (secondary N) is 1. The second-order valence-corrected chi connectivity index (χ2v) is 10.5. The van der Waals surface area contributed by atoms with Crippen molar-refractivity contribution in [1.29, 1.82) is 0 Å². The molecular weight excluding hydrogens is 417 g/mol. The second-order valence-electron chi connectivity index (χ2n) is 8.01. The van der Waals surface area contributed by atoms with Crippen LogP contribution < -0.4 is 5.32 Å². The lowest BCUT2D eigenvalue weighted by Crippen LogP contribution is -2.38. The molecule has 2 rings (SSSR count). The molecule has 3 N–H and O–H groups in total. The van der Waals surface area contributed by atoms with E-state index in [0.717, 1.165) is 11.1 Å². The molecule has 0 aliphatic rings. The molecule has 8 heteroatoms. The van der Waals surface area contributed by atoms with Crippen LogP contribution >= 0.6 is 7.37 Å². The van der Waals surface area contributed by atoms with Gasteiger partial charge in [-0.15, -0.1) is 0 Å². The summed E-state index contributed by atoms with van der Waals surface area (Å²) in [4.78, 5) is 34.8. The van der Waals surface area contributed by atoms with E-state index in [4.69, 9.17) is 4.74 Å². The summed E-state index contributed by atoms with van der Waals surface area (Å²) in [5.41, 5.74) is 1.54. The molecule has 0 aliphatic heterocycles. The van der Waals surface area contributed by atoms with E-state index in [1.165, 1.54) is 0 Å². The van der Waals surface area contributed by atoms with E-state index < -0.39 is 37.3 Å². The maximum atomic E-state index is 13.2. The predicted octanol–water partition coefficient (Wildman–Crippen LogP) is 4.50. The molecule has 0 saturated carbocycles. The zero-order valence-corrected chi connectivity index (χ0v) is 18.7. The van der Waals surface area contributed by atoms with Crippen LogP contribution in [0, 0.1) is 11.8 Å². The minimum atomic E-state index is -4.08. The minimum absolute atomic E-state index is 0.0194. The number of ether oxygens (including phenoxy) is 1. The largest absolute Gasteiger partial charge is 0.481 e. The zero-order valence-electron chi connectivity index (χ0n) is 17.8. The molecule has 0 aromatic heterocycles. The third-order valence-corrected chi connectivity index (χ3v) is 7.09. The predicted molar refractivity (Wildman–Crippen MR) is 119 cm³/mol. The molecule has 0 bridgehead atoms. The van der Waals surface area contributed by atoms with Crippen molar-refractivity contribution in [3.8, 4) is 0 Å². The first kappa shape index (κ1) is 24.6. The van der Waals surface area contributed by atoms with Crippen molar-refractivity contribution < 1.29 is 28.9 Å². The van der Waals surface area contributed by atoms with Crippen LogP contribution in [-0.4, -0.2) is 34.0 Å². The summed E-state index contributed by atoms with van der Waals surface area (Å²) in [5.74, 6) is -3.20. The van der Waals surface area contributed by atoms with Gasteiger partial charge < -0.3 is 20.1 Å². The quantitative estimate of drug-likeness (QED) is 0.437. The molecule has 168 valence electrons. The highest BCUT2D eigenvalue weighted by Crippen LogP contribution is 2.49. The summed E-state index contributed by atoms with van der Waals surface area (Å²) in [5, 5.41) is 12.0. The van der Waals surface area contributed by atoms with Crippen LogP contribution in [0.15, 0.2) is 60.7 Å². The number of hydrogen-bond donors (Lipinski definition) is 3. The van der Waals surface area contributed by atoms with Crippen LogP contribution in [-0.2, 0) is 27.1 Å². The standard InChI is InChI=1S/C23H30NO6P/c1-17(2)13-20(22(25)26)16-31(28,29)21(14-18-9-5-3-6-10-18)24-23(27)30-15-19-11-7-4-8-12-19/h3-12,17,20-21H,13-16H2,1-2H3,(H,24,27)(H,25,26)(H,28,29)/t20-,21-/m0/s1. The maximum absolute atomic E-state index is 13.2. The number of carboxylic acids is 1. The third kappa shape index (κ3) is 8.56. The smallest absolute Gasteiger partial charge is 0.408 e.